The summed E-state index contributed by atoms with van der Waals surface area (Å²) in [6, 6.07) is 7.27. The van der Waals surface area contributed by atoms with Gasteiger partial charge in [-0.05, 0) is 56.7 Å². The van der Waals surface area contributed by atoms with Gasteiger partial charge >= 0.3 is 5.97 Å². The number of ether oxygens (including phenoxy) is 1. The summed E-state index contributed by atoms with van der Waals surface area (Å²) in [7, 11) is 0. The third-order valence-corrected chi connectivity index (χ3v) is 3.39. The van der Waals surface area contributed by atoms with Crippen molar-refractivity contribution < 1.29 is 19.4 Å². The first kappa shape index (κ1) is 17.4. The van der Waals surface area contributed by atoms with Crippen molar-refractivity contribution in [2.75, 3.05) is 13.2 Å². The molecule has 0 spiro atoms. The molecule has 116 valence electrons. The highest BCUT2D eigenvalue weighted by molar-refractivity contribution is 5.89. The summed E-state index contributed by atoms with van der Waals surface area (Å²) in [4.78, 5) is 22.5. The van der Waals surface area contributed by atoms with E-state index >= 15 is 0 Å². The highest BCUT2D eigenvalue weighted by Gasteiger charge is 2.11. The Hall–Kier alpha value is -1.68. The summed E-state index contributed by atoms with van der Waals surface area (Å²) in [5.41, 5.74) is 1.61. The second kappa shape index (κ2) is 9.29. The lowest BCUT2D eigenvalue weighted by Crippen LogP contribution is -2.11. The molecule has 1 N–H and O–H groups in total. The minimum atomic E-state index is -0.316. The number of ketones is 1. The average molecular weight is 292 g/mol. The monoisotopic (exact) mass is 292 g/mol. The van der Waals surface area contributed by atoms with Gasteiger partial charge in [-0.15, -0.1) is 0 Å². The number of Topliss-reactive ketones (excluding diaryl/α,β-unsaturated/α-hetero) is 1. The first-order valence-corrected chi connectivity index (χ1v) is 7.43. The molecule has 21 heavy (non-hydrogen) atoms. The molecule has 0 fully saturated rings. The number of esters is 1. The molecule has 0 aromatic heterocycles. The number of carbonyl (C=O) groups excluding carboxylic acids is 2. The average Bonchev–Trinajstić information content (AvgIpc) is 2.46. The molecule has 4 heteroatoms. The van der Waals surface area contributed by atoms with Crippen molar-refractivity contribution >= 4 is 11.8 Å². The first-order valence-electron chi connectivity index (χ1n) is 7.43. The minimum Gasteiger partial charge on any atom is -0.462 e. The Morgan fingerprint density at radius 3 is 2.43 bits per heavy atom. The van der Waals surface area contributed by atoms with Gasteiger partial charge in [0, 0.05) is 13.0 Å². The van der Waals surface area contributed by atoms with Gasteiger partial charge in [-0.1, -0.05) is 12.1 Å². The third kappa shape index (κ3) is 6.54. The molecule has 0 bridgehead atoms. The van der Waals surface area contributed by atoms with Gasteiger partial charge in [0.25, 0.3) is 0 Å². The lowest BCUT2D eigenvalue weighted by Gasteiger charge is -2.14. The van der Waals surface area contributed by atoms with Crippen LogP contribution in [0.4, 0.5) is 0 Å². The van der Waals surface area contributed by atoms with Crippen LogP contribution in [0, 0.1) is 5.92 Å². The SMILES string of the molecule is CCOC(=O)c1ccc(CC(CO)CCCC(C)=O)cc1. The third-order valence-electron chi connectivity index (χ3n) is 3.39. The molecule has 1 aromatic carbocycles. The van der Waals surface area contributed by atoms with E-state index in [9.17, 15) is 14.7 Å². The van der Waals surface area contributed by atoms with E-state index in [-0.39, 0.29) is 24.3 Å². The Labute approximate surface area is 126 Å². The van der Waals surface area contributed by atoms with E-state index in [0.29, 0.717) is 18.6 Å². The van der Waals surface area contributed by atoms with E-state index in [4.69, 9.17) is 4.74 Å². The van der Waals surface area contributed by atoms with E-state index in [0.717, 1.165) is 24.8 Å². The molecular formula is C17H24O4. The lowest BCUT2D eigenvalue weighted by molar-refractivity contribution is -0.117. The smallest absolute Gasteiger partial charge is 0.338 e. The molecule has 0 aliphatic rings. The van der Waals surface area contributed by atoms with Gasteiger partial charge in [0.2, 0.25) is 0 Å². The Balaban J connectivity index is 2.52. The van der Waals surface area contributed by atoms with E-state index in [2.05, 4.69) is 0 Å². The first-order chi connectivity index (χ1) is 10.1. The fraction of sp³-hybridized carbons (Fsp3) is 0.529. The molecular weight excluding hydrogens is 268 g/mol. The second-order valence-corrected chi connectivity index (χ2v) is 5.26. The summed E-state index contributed by atoms with van der Waals surface area (Å²) in [5, 5.41) is 9.41. The van der Waals surface area contributed by atoms with Crippen molar-refractivity contribution in [3.05, 3.63) is 35.4 Å². The van der Waals surface area contributed by atoms with Gasteiger partial charge in [-0.25, -0.2) is 4.79 Å². The minimum absolute atomic E-state index is 0.109. The zero-order valence-electron chi connectivity index (χ0n) is 12.8. The zero-order valence-corrected chi connectivity index (χ0v) is 12.8. The molecule has 1 rings (SSSR count). The van der Waals surface area contributed by atoms with Gasteiger partial charge in [0.05, 0.1) is 12.2 Å². The highest BCUT2D eigenvalue weighted by atomic mass is 16.5. The van der Waals surface area contributed by atoms with E-state index in [1.54, 1.807) is 26.0 Å². The number of hydrogen-bond donors (Lipinski definition) is 1. The van der Waals surface area contributed by atoms with E-state index in [1.807, 2.05) is 12.1 Å². The van der Waals surface area contributed by atoms with Crippen molar-refractivity contribution in [2.45, 2.75) is 39.5 Å². The quantitative estimate of drug-likeness (QED) is 0.711. The Bertz CT molecular complexity index is 450. The normalized spacial score (nSPS) is 12.0. The van der Waals surface area contributed by atoms with E-state index in [1.165, 1.54) is 0 Å². The Morgan fingerprint density at radius 2 is 1.90 bits per heavy atom. The fourth-order valence-corrected chi connectivity index (χ4v) is 2.22. The number of carbonyl (C=O) groups is 2. The number of rotatable bonds is 9. The number of aliphatic hydroxyl groups is 1. The molecule has 1 atom stereocenters. The van der Waals surface area contributed by atoms with Crippen molar-refractivity contribution in [3.8, 4) is 0 Å². The summed E-state index contributed by atoms with van der Waals surface area (Å²) < 4.78 is 4.93. The molecule has 1 aromatic rings. The summed E-state index contributed by atoms with van der Waals surface area (Å²) in [6.45, 7) is 3.84. The van der Waals surface area contributed by atoms with Gasteiger partial charge in [-0.2, -0.15) is 0 Å². The zero-order chi connectivity index (χ0) is 15.7. The molecule has 0 saturated heterocycles. The van der Waals surface area contributed by atoms with Crippen LogP contribution in [-0.2, 0) is 16.0 Å². The van der Waals surface area contributed by atoms with Crippen LogP contribution in [0.15, 0.2) is 24.3 Å². The maximum atomic E-state index is 11.5. The van der Waals surface area contributed by atoms with Crippen LogP contribution in [0.25, 0.3) is 0 Å². The molecule has 0 radical (unpaired) electrons. The highest BCUT2D eigenvalue weighted by Crippen LogP contribution is 2.16. The van der Waals surface area contributed by atoms with Crippen LogP contribution in [0.5, 0.6) is 0 Å². The second-order valence-electron chi connectivity index (χ2n) is 5.26. The number of aliphatic hydroxyl groups excluding tert-OH is 1. The fourth-order valence-electron chi connectivity index (χ4n) is 2.22. The van der Waals surface area contributed by atoms with Gasteiger partial charge in [0.15, 0.2) is 0 Å². The topological polar surface area (TPSA) is 63.6 Å². The standard InChI is InChI=1S/C17H24O4/c1-3-21-17(20)16-9-7-14(8-10-16)11-15(12-18)6-4-5-13(2)19/h7-10,15,18H,3-6,11-12H2,1-2H3. The molecule has 0 aliphatic carbocycles. The van der Waals surface area contributed by atoms with Crippen LogP contribution in [0.1, 0.15) is 49.0 Å². The van der Waals surface area contributed by atoms with Crippen molar-refractivity contribution in [1.82, 2.24) is 0 Å². The molecule has 1 unspecified atom stereocenters. The van der Waals surface area contributed by atoms with Crippen LogP contribution in [0.2, 0.25) is 0 Å². The molecule has 0 heterocycles. The van der Waals surface area contributed by atoms with E-state index < -0.39 is 0 Å². The van der Waals surface area contributed by atoms with Gasteiger partial charge in [-0.3, -0.25) is 0 Å². The molecule has 0 amide bonds. The van der Waals surface area contributed by atoms with Crippen LogP contribution in [-0.4, -0.2) is 30.1 Å². The Kier molecular flexibility index (Phi) is 7.69. The summed E-state index contributed by atoms with van der Waals surface area (Å²) >= 11 is 0. The molecule has 0 aliphatic heterocycles. The maximum absolute atomic E-state index is 11.5. The Morgan fingerprint density at radius 1 is 1.24 bits per heavy atom. The van der Waals surface area contributed by atoms with Crippen molar-refractivity contribution in [1.29, 1.82) is 0 Å². The van der Waals surface area contributed by atoms with Crippen molar-refractivity contribution in [2.24, 2.45) is 5.92 Å². The van der Waals surface area contributed by atoms with Crippen LogP contribution in [0.3, 0.4) is 0 Å². The maximum Gasteiger partial charge on any atom is 0.338 e. The molecule has 0 saturated carbocycles. The summed E-state index contributed by atoms with van der Waals surface area (Å²) in [5.74, 6) is 0.0208. The number of hydrogen-bond acceptors (Lipinski definition) is 4. The van der Waals surface area contributed by atoms with Crippen molar-refractivity contribution in [3.63, 3.8) is 0 Å². The van der Waals surface area contributed by atoms with Gasteiger partial charge in [0.1, 0.15) is 5.78 Å². The molecule has 4 nitrogen and oxygen atoms in total. The van der Waals surface area contributed by atoms with Gasteiger partial charge < -0.3 is 14.6 Å². The van der Waals surface area contributed by atoms with Crippen LogP contribution < -0.4 is 0 Å². The largest absolute Gasteiger partial charge is 0.462 e. The lowest BCUT2D eigenvalue weighted by atomic mass is 9.94. The number of benzene rings is 1. The predicted octanol–water partition coefficient (Wildman–Crippen LogP) is 2.77. The predicted molar refractivity (Wildman–Crippen MR) is 81.2 cm³/mol. The van der Waals surface area contributed by atoms with Crippen LogP contribution >= 0.6 is 0 Å². The summed E-state index contributed by atoms with van der Waals surface area (Å²) in [6.07, 6.45) is 2.95.